The van der Waals surface area contributed by atoms with Crippen LogP contribution in [0.5, 0.6) is 0 Å². The van der Waals surface area contributed by atoms with E-state index in [1.165, 1.54) is 5.06 Å². The van der Waals surface area contributed by atoms with E-state index < -0.39 is 0 Å². The second-order valence-electron chi connectivity index (χ2n) is 3.87. The minimum absolute atomic E-state index is 0.0103. The highest BCUT2D eigenvalue weighted by molar-refractivity contribution is 9.12. The average molecular weight is 371 g/mol. The first kappa shape index (κ1) is 13.6. The third-order valence-electron chi connectivity index (χ3n) is 2.61. The summed E-state index contributed by atoms with van der Waals surface area (Å²) in [5.41, 5.74) is 1.86. The van der Waals surface area contributed by atoms with Crippen LogP contribution in [0.4, 0.5) is 5.69 Å². The first-order valence-corrected chi connectivity index (χ1v) is 7.39. The lowest BCUT2D eigenvalue weighted by Crippen LogP contribution is -2.30. The maximum atomic E-state index is 10.2. The van der Waals surface area contributed by atoms with Crippen molar-refractivity contribution in [2.75, 3.05) is 5.06 Å². The first-order valence-electron chi connectivity index (χ1n) is 5.56. The summed E-state index contributed by atoms with van der Waals surface area (Å²) in [4.78, 5) is -0.258. The lowest BCUT2D eigenvalue weighted by Gasteiger charge is -2.27. The van der Waals surface area contributed by atoms with Crippen molar-refractivity contribution in [1.82, 2.24) is 0 Å². The Kier molecular flexibility index (Phi) is 4.80. The molecule has 2 aromatic carbocycles. The minimum Gasteiger partial charge on any atom is -0.287 e. The summed E-state index contributed by atoms with van der Waals surface area (Å²) in [7, 11) is 0. The highest BCUT2D eigenvalue weighted by atomic mass is 79.9. The molecule has 18 heavy (non-hydrogen) atoms. The molecule has 0 heterocycles. The monoisotopic (exact) mass is 369 g/mol. The zero-order valence-electron chi connectivity index (χ0n) is 9.58. The lowest BCUT2D eigenvalue weighted by molar-refractivity contribution is 0.246. The van der Waals surface area contributed by atoms with E-state index in [2.05, 4.69) is 31.9 Å². The van der Waals surface area contributed by atoms with Gasteiger partial charge in [-0.05, 0) is 17.7 Å². The van der Waals surface area contributed by atoms with Crippen LogP contribution < -0.4 is 5.06 Å². The molecule has 0 saturated heterocycles. The molecule has 0 fully saturated rings. The van der Waals surface area contributed by atoms with E-state index in [1.54, 1.807) is 0 Å². The van der Waals surface area contributed by atoms with Crippen molar-refractivity contribution < 1.29 is 5.21 Å². The summed E-state index contributed by atoms with van der Waals surface area (Å²) in [6.45, 7) is 0. The van der Waals surface area contributed by atoms with Gasteiger partial charge in [-0.15, -0.1) is 0 Å². The quantitative estimate of drug-likeness (QED) is 0.477. The molecule has 0 radical (unpaired) electrons. The van der Waals surface area contributed by atoms with E-state index in [0.29, 0.717) is 0 Å². The predicted molar refractivity (Wildman–Crippen MR) is 81.5 cm³/mol. The topological polar surface area (TPSA) is 23.5 Å². The third-order valence-corrected chi connectivity index (χ3v) is 5.27. The number of halogens is 2. The molecule has 0 aliphatic carbocycles. The molecule has 1 N–H and O–H groups in total. The Morgan fingerprint density at radius 1 is 0.833 bits per heavy atom. The summed E-state index contributed by atoms with van der Waals surface area (Å²) in [5, 5.41) is 11.4. The van der Waals surface area contributed by atoms with Gasteiger partial charge in [-0.25, -0.2) is 5.06 Å². The van der Waals surface area contributed by atoms with Gasteiger partial charge < -0.3 is 0 Å². The fraction of sp³-hybridized carbons (Fsp3) is 0.143. The summed E-state index contributed by atoms with van der Waals surface area (Å²) in [6, 6.07) is 19.4. The molecule has 2 nitrogen and oxygen atoms in total. The maximum Gasteiger partial charge on any atom is 0.127 e. The van der Waals surface area contributed by atoms with Crippen molar-refractivity contribution in [2.45, 2.75) is 9.78 Å². The number of hydroxylamine groups is 1. The van der Waals surface area contributed by atoms with E-state index in [0.717, 1.165) is 11.3 Å². The summed E-state index contributed by atoms with van der Waals surface area (Å²) in [5.74, 6) is 0. The second kappa shape index (κ2) is 6.36. The number of anilines is 1. The fourth-order valence-corrected chi connectivity index (χ4v) is 2.71. The third kappa shape index (κ3) is 3.13. The molecular weight excluding hydrogens is 358 g/mol. The van der Waals surface area contributed by atoms with Gasteiger partial charge in [0.1, 0.15) is 4.95 Å². The maximum absolute atomic E-state index is 10.2. The van der Waals surface area contributed by atoms with Crippen LogP contribution in [0.25, 0.3) is 0 Å². The SMILES string of the molecule is ON(c1ccccc1)C(Br)C(Br)c1ccccc1. The molecule has 2 unspecified atom stereocenters. The van der Waals surface area contributed by atoms with Crippen molar-refractivity contribution in [3.8, 4) is 0 Å². The molecule has 0 aromatic heterocycles. The van der Waals surface area contributed by atoms with Crippen molar-refractivity contribution in [1.29, 1.82) is 0 Å². The molecule has 0 aliphatic heterocycles. The number of para-hydroxylation sites is 1. The largest absolute Gasteiger partial charge is 0.287 e. The van der Waals surface area contributed by atoms with E-state index in [4.69, 9.17) is 0 Å². The van der Waals surface area contributed by atoms with Crippen molar-refractivity contribution in [2.24, 2.45) is 0 Å². The summed E-state index contributed by atoms with van der Waals surface area (Å²) >= 11 is 7.11. The van der Waals surface area contributed by atoms with Crippen LogP contribution in [0.1, 0.15) is 10.4 Å². The molecule has 4 heteroatoms. The molecular formula is C14H13Br2NO. The summed E-state index contributed by atoms with van der Waals surface area (Å²) in [6.07, 6.45) is 0. The second-order valence-corrected chi connectivity index (χ2v) is 5.79. The number of hydrogen-bond donors (Lipinski definition) is 1. The zero-order chi connectivity index (χ0) is 13.0. The first-order chi connectivity index (χ1) is 8.70. The molecule has 0 aliphatic rings. The van der Waals surface area contributed by atoms with Gasteiger partial charge in [-0.2, -0.15) is 0 Å². The highest BCUT2D eigenvalue weighted by Crippen LogP contribution is 2.34. The van der Waals surface area contributed by atoms with Crippen molar-refractivity contribution >= 4 is 37.5 Å². The van der Waals surface area contributed by atoms with E-state index in [9.17, 15) is 5.21 Å². The number of nitrogens with zero attached hydrogens (tertiary/aromatic N) is 1. The van der Waals surface area contributed by atoms with E-state index in [1.807, 2.05) is 60.7 Å². The van der Waals surface area contributed by atoms with Gasteiger partial charge in [-0.1, -0.05) is 80.4 Å². The predicted octanol–water partition coefficient (Wildman–Crippen LogP) is 4.74. The number of alkyl halides is 2. The Morgan fingerprint density at radius 3 is 1.89 bits per heavy atom. The van der Waals surface area contributed by atoms with Gasteiger partial charge in [-0.3, -0.25) is 5.21 Å². The highest BCUT2D eigenvalue weighted by Gasteiger charge is 2.23. The van der Waals surface area contributed by atoms with Crippen molar-refractivity contribution in [3.05, 3.63) is 66.2 Å². The van der Waals surface area contributed by atoms with Gasteiger partial charge in [0.2, 0.25) is 0 Å². The Labute approximate surface area is 123 Å². The smallest absolute Gasteiger partial charge is 0.127 e. The molecule has 0 bridgehead atoms. The van der Waals surface area contributed by atoms with Crippen LogP contribution in [-0.4, -0.2) is 10.2 Å². The minimum atomic E-state index is -0.248. The number of hydrogen-bond acceptors (Lipinski definition) is 2. The molecule has 0 saturated carbocycles. The fourth-order valence-electron chi connectivity index (χ4n) is 1.64. The lowest BCUT2D eigenvalue weighted by atomic mass is 10.1. The molecule has 2 aromatic rings. The van der Waals surface area contributed by atoms with Crippen molar-refractivity contribution in [3.63, 3.8) is 0 Å². The van der Waals surface area contributed by atoms with Crippen LogP contribution in [-0.2, 0) is 0 Å². The van der Waals surface area contributed by atoms with Crippen LogP contribution in [0.3, 0.4) is 0 Å². The van der Waals surface area contributed by atoms with E-state index in [-0.39, 0.29) is 9.78 Å². The van der Waals surface area contributed by atoms with Gasteiger partial charge in [0, 0.05) is 0 Å². The zero-order valence-corrected chi connectivity index (χ0v) is 12.8. The van der Waals surface area contributed by atoms with Crippen LogP contribution in [0.2, 0.25) is 0 Å². The summed E-state index contributed by atoms with van der Waals surface area (Å²) < 4.78 is 0. The van der Waals surface area contributed by atoms with Gasteiger partial charge in [0.15, 0.2) is 0 Å². The number of rotatable bonds is 4. The van der Waals surface area contributed by atoms with E-state index >= 15 is 0 Å². The Bertz CT molecular complexity index is 432. The van der Waals surface area contributed by atoms with Gasteiger partial charge in [0.25, 0.3) is 0 Å². The van der Waals surface area contributed by atoms with Crippen LogP contribution in [0.15, 0.2) is 60.7 Å². The Hall–Kier alpha value is -0.840. The van der Waals surface area contributed by atoms with Gasteiger partial charge >= 0.3 is 0 Å². The molecule has 0 spiro atoms. The number of benzene rings is 2. The molecule has 2 rings (SSSR count). The Morgan fingerprint density at radius 2 is 1.33 bits per heavy atom. The molecule has 2 atom stereocenters. The van der Waals surface area contributed by atoms with Crippen LogP contribution in [0, 0.1) is 0 Å². The Balaban J connectivity index is 2.14. The molecule has 94 valence electrons. The standard InChI is InChI=1S/C14H13Br2NO/c15-13(11-7-3-1-4-8-11)14(16)17(18)12-9-5-2-6-10-12/h1-10,13-14,18H. The normalized spacial score (nSPS) is 13.9. The molecule has 0 amide bonds. The average Bonchev–Trinajstić information content (AvgIpc) is 2.47. The van der Waals surface area contributed by atoms with Crippen LogP contribution >= 0.6 is 31.9 Å². The van der Waals surface area contributed by atoms with Gasteiger partial charge in [0.05, 0.1) is 10.5 Å².